The van der Waals surface area contributed by atoms with Crippen molar-refractivity contribution < 1.29 is 0 Å². The van der Waals surface area contributed by atoms with Crippen molar-refractivity contribution in [2.45, 2.75) is 78.3 Å². The van der Waals surface area contributed by atoms with Gasteiger partial charge in [-0.2, -0.15) is 0 Å². The van der Waals surface area contributed by atoms with Gasteiger partial charge in [-0.25, -0.2) is 0 Å². The van der Waals surface area contributed by atoms with Crippen LogP contribution in [0, 0.1) is 11.3 Å². The van der Waals surface area contributed by atoms with Gasteiger partial charge < -0.3 is 5.32 Å². The molecule has 0 radical (unpaired) electrons. The van der Waals surface area contributed by atoms with Crippen LogP contribution in [0.3, 0.4) is 0 Å². The summed E-state index contributed by atoms with van der Waals surface area (Å²) < 4.78 is 0. The molecule has 2 heteroatoms. The molecule has 2 rings (SSSR count). The summed E-state index contributed by atoms with van der Waals surface area (Å²) in [4.78, 5) is 2.83. The van der Waals surface area contributed by atoms with E-state index in [1.54, 1.807) is 0 Å². The van der Waals surface area contributed by atoms with Crippen molar-refractivity contribution >= 4 is 0 Å². The largest absolute Gasteiger partial charge is 0.314 e. The fourth-order valence-electron chi connectivity index (χ4n) is 4.00. The van der Waals surface area contributed by atoms with E-state index in [0.29, 0.717) is 5.41 Å². The fourth-order valence-corrected chi connectivity index (χ4v) is 4.00. The van der Waals surface area contributed by atoms with Crippen molar-refractivity contribution in [3.8, 4) is 0 Å². The molecule has 1 aliphatic carbocycles. The first kappa shape index (κ1) is 15.3. The van der Waals surface area contributed by atoms with Gasteiger partial charge in [-0.3, -0.25) is 4.90 Å². The van der Waals surface area contributed by atoms with Crippen molar-refractivity contribution in [2.24, 2.45) is 11.3 Å². The van der Waals surface area contributed by atoms with Crippen LogP contribution in [0.4, 0.5) is 0 Å². The Morgan fingerprint density at radius 2 is 2.05 bits per heavy atom. The highest BCUT2D eigenvalue weighted by molar-refractivity contribution is 4.87. The molecule has 0 aromatic heterocycles. The average Bonchev–Trinajstić information content (AvgIpc) is 2.33. The van der Waals surface area contributed by atoms with Crippen LogP contribution in [-0.2, 0) is 0 Å². The van der Waals surface area contributed by atoms with E-state index >= 15 is 0 Å². The molecule has 2 fully saturated rings. The normalized spacial score (nSPS) is 37.6. The van der Waals surface area contributed by atoms with Gasteiger partial charge in [-0.15, -0.1) is 0 Å². The molecular weight excluding hydrogens is 232 g/mol. The first-order chi connectivity index (χ1) is 9.00. The minimum absolute atomic E-state index is 0.566. The molecule has 0 aromatic rings. The molecule has 0 amide bonds. The van der Waals surface area contributed by atoms with E-state index in [4.69, 9.17) is 0 Å². The Morgan fingerprint density at radius 3 is 2.74 bits per heavy atom. The molecule has 2 aliphatic rings. The summed E-state index contributed by atoms with van der Waals surface area (Å²) in [5, 5.41) is 3.73. The SMILES string of the molecule is CCC1CCN(C2CCCC(C)(C)C2)CC(C)CN1. The first-order valence-electron chi connectivity index (χ1n) is 8.47. The molecule has 1 saturated heterocycles. The van der Waals surface area contributed by atoms with Gasteiger partial charge in [0.15, 0.2) is 0 Å². The van der Waals surface area contributed by atoms with Gasteiger partial charge in [0.1, 0.15) is 0 Å². The summed E-state index contributed by atoms with van der Waals surface area (Å²) in [6.07, 6.45) is 8.30. The van der Waals surface area contributed by atoms with Gasteiger partial charge in [-0.1, -0.05) is 34.1 Å². The van der Waals surface area contributed by atoms with Crippen molar-refractivity contribution in [3.05, 3.63) is 0 Å². The topological polar surface area (TPSA) is 15.3 Å². The van der Waals surface area contributed by atoms with Crippen LogP contribution < -0.4 is 5.32 Å². The first-order valence-corrected chi connectivity index (χ1v) is 8.47. The van der Waals surface area contributed by atoms with Crippen molar-refractivity contribution in [3.63, 3.8) is 0 Å². The quantitative estimate of drug-likeness (QED) is 0.820. The maximum atomic E-state index is 3.73. The summed E-state index contributed by atoms with van der Waals surface area (Å²) in [6, 6.07) is 1.59. The second kappa shape index (κ2) is 6.58. The minimum Gasteiger partial charge on any atom is -0.314 e. The molecule has 1 aliphatic heterocycles. The monoisotopic (exact) mass is 266 g/mol. The summed E-state index contributed by atoms with van der Waals surface area (Å²) in [6.45, 7) is 13.4. The third-order valence-electron chi connectivity index (χ3n) is 5.25. The van der Waals surface area contributed by atoms with Crippen LogP contribution in [0.25, 0.3) is 0 Å². The number of nitrogens with zero attached hydrogens (tertiary/aromatic N) is 1. The maximum Gasteiger partial charge on any atom is 0.0100 e. The predicted octanol–water partition coefficient (Wildman–Crippen LogP) is 3.67. The van der Waals surface area contributed by atoms with Gasteiger partial charge >= 0.3 is 0 Å². The molecule has 112 valence electrons. The minimum atomic E-state index is 0.566. The lowest BCUT2D eigenvalue weighted by atomic mass is 9.74. The summed E-state index contributed by atoms with van der Waals surface area (Å²) in [5.74, 6) is 0.791. The number of hydrogen-bond acceptors (Lipinski definition) is 2. The van der Waals surface area contributed by atoms with Gasteiger partial charge in [-0.05, 0) is 56.5 Å². The standard InChI is InChI=1S/C17H34N2/c1-5-15-8-10-19(13-14(2)12-18-15)16-7-6-9-17(3,4)11-16/h14-16,18H,5-13H2,1-4H3. The lowest BCUT2D eigenvalue weighted by Gasteiger charge is -2.43. The highest BCUT2D eigenvalue weighted by atomic mass is 15.2. The van der Waals surface area contributed by atoms with Crippen LogP contribution in [0.15, 0.2) is 0 Å². The van der Waals surface area contributed by atoms with E-state index in [9.17, 15) is 0 Å². The fraction of sp³-hybridized carbons (Fsp3) is 1.00. The van der Waals surface area contributed by atoms with Crippen molar-refractivity contribution in [2.75, 3.05) is 19.6 Å². The zero-order valence-electron chi connectivity index (χ0n) is 13.5. The lowest BCUT2D eigenvalue weighted by Crippen LogP contribution is -2.49. The molecule has 0 aromatic carbocycles. The average molecular weight is 266 g/mol. The van der Waals surface area contributed by atoms with Crippen LogP contribution in [0.1, 0.15) is 66.2 Å². The maximum absolute atomic E-state index is 3.73. The van der Waals surface area contributed by atoms with Gasteiger partial charge in [0.25, 0.3) is 0 Å². The summed E-state index contributed by atoms with van der Waals surface area (Å²) >= 11 is 0. The predicted molar refractivity (Wildman–Crippen MR) is 83.5 cm³/mol. The van der Waals surface area contributed by atoms with Gasteiger partial charge in [0.2, 0.25) is 0 Å². The van der Waals surface area contributed by atoms with E-state index in [1.165, 1.54) is 58.2 Å². The second-order valence-electron chi connectivity index (χ2n) is 7.82. The molecule has 3 unspecified atom stereocenters. The molecule has 1 N–H and O–H groups in total. The Kier molecular flexibility index (Phi) is 5.30. The van der Waals surface area contributed by atoms with E-state index in [2.05, 4.69) is 37.9 Å². The Morgan fingerprint density at radius 1 is 1.26 bits per heavy atom. The van der Waals surface area contributed by atoms with Crippen LogP contribution in [-0.4, -0.2) is 36.6 Å². The molecule has 1 heterocycles. The second-order valence-corrected chi connectivity index (χ2v) is 7.82. The molecule has 1 saturated carbocycles. The highest BCUT2D eigenvalue weighted by Crippen LogP contribution is 2.37. The highest BCUT2D eigenvalue weighted by Gasteiger charge is 2.32. The Balaban J connectivity index is 1.96. The van der Waals surface area contributed by atoms with Crippen molar-refractivity contribution in [1.82, 2.24) is 10.2 Å². The van der Waals surface area contributed by atoms with Crippen LogP contribution in [0.2, 0.25) is 0 Å². The van der Waals surface area contributed by atoms with Crippen LogP contribution in [0.5, 0.6) is 0 Å². The third kappa shape index (κ3) is 4.46. The summed E-state index contributed by atoms with van der Waals surface area (Å²) in [5.41, 5.74) is 0.566. The van der Waals surface area contributed by atoms with Gasteiger partial charge in [0.05, 0.1) is 0 Å². The van der Waals surface area contributed by atoms with E-state index < -0.39 is 0 Å². The van der Waals surface area contributed by atoms with E-state index in [0.717, 1.165) is 18.0 Å². The molecule has 2 nitrogen and oxygen atoms in total. The van der Waals surface area contributed by atoms with Crippen molar-refractivity contribution in [1.29, 1.82) is 0 Å². The third-order valence-corrected chi connectivity index (χ3v) is 5.25. The lowest BCUT2D eigenvalue weighted by molar-refractivity contribution is 0.0724. The molecule has 3 atom stereocenters. The zero-order chi connectivity index (χ0) is 13.9. The van der Waals surface area contributed by atoms with Gasteiger partial charge in [0, 0.05) is 18.6 Å². The molecular formula is C17H34N2. The number of nitrogens with one attached hydrogen (secondary N) is 1. The summed E-state index contributed by atoms with van der Waals surface area (Å²) in [7, 11) is 0. The molecule has 19 heavy (non-hydrogen) atoms. The number of rotatable bonds is 2. The Hall–Kier alpha value is -0.0800. The molecule has 0 spiro atoms. The van der Waals surface area contributed by atoms with Crippen LogP contribution >= 0.6 is 0 Å². The Bertz CT molecular complexity index is 274. The smallest absolute Gasteiger partial charge is 0.0100 e. The van der Waals surface area contributed by atoms with E-state index in [1.807, 2.05) is 0 Å². The Labute approximate surface area is 120 Å². The zero-order valence-corrected chi connectivity index (χ0v) is 13.5. The number of hydrogen-bond donors (Lipinski definition) is 1. The van der Waals surface area contributed by atoms with E-state index in [-0.39, 0.29) is 0 Å². The molecule has 0 bridgehead atoms.